The van der Waals surface area contributed by atoms with Gasteiger partial charge >= 0.3 is 12.3 Å². The molecule has 2 aromatic rings. The van der Waals surface area contributed by atoms with Gasteiger partial charge in [0.15, 0.2) is 0 Å². The third-order valence-corrected chi connectivity index (χ3v) is 6.86. The number of benzene rings is 1. The van der Waals surface area contributed by atoms with Crippen LogP contribution in [0, 0.1) is 5.92 Å². The monoisotopic (exact) mass is 533 g/mol. The Morgan fingerprint density at radius 1 is 1.16 bits per heavy atom. The Bertz CT molecular complexity index is 1200. The van der Waals surface area contributed by atoms with Gasteiger partial charge in [-0.05, 0) is 48.6 Å². The van der Waals surface area contributed by atoms with Crippen LogP contribution in [0.2, 0.25) is 0 Å². The summed E-state index contributed by atoms with van der Waals surface area (Å²) in [7, 11) is 1.32. The SMILES string of the molecule is CN(CCN(Cc1ncccc1C(F)(F)F)C(=O)CNc1cccc2c1CCN(C(=O)C1CC1)C2)C(=O)O. The maximum Gasteiger partial charge on any atom is 0.418 e. The molecule has 1 aromatic carbocycles. The Balaban J connectivity index is 1.47. The molecule has 12 heteroatoms. The summed E-state index contributed by atoms with van der Waals surface area (Å²) in [5.41, 5.74) is 1.46. The molecule has 1 aromatic heterocycles. The van der Waals surface area contributed by atoms with Crippen LogP contribution in [0.3, 0.4) is 0 Å². The van der Waals surface area contributed by atoms with Crippen molar-refractivity contribution in [3.8, 4) is 0 Å². The van der Waals surface area contributed by atoms with E-state index in [1.54, 1.807) is 0 Å². The number of aromatic nitrogens is 1. The van der Waals surface area contributed by atoms with Crippen LogP contribution >= 0.6 is 0 Å². The average Bonchev–Trinajstić information content (AvgIpc) is 3.74. The molecule has 0 unspecified atom stereocenters. The normalized spacial score (nSPS) is 15.0. The molecule has 38 heavy (non-hydrogen) atoms. The summed E-state index contributed by atoms with van der Waals surface area (Å²) in [5, 5.41) is 12.3. The first-order valence-corrected chi connectivity index (χ1v) is 12.4. The van der Waals surface area contributed by atoms with Gasteiger partial charge in [-0.1, -0.05) is 12.1 Å². The molecule has 0 radical (unpaired) electrons. The molecule has 2 N–H and O–H groups in total. The van der Waals surface area contributed by atoms with Crippen molar-refractivity contribution in [2.24, 2.45) is 5.92 Å². The Kier molecular flexibility index (Phi) is 8.08. The number of halogens is 3. The summed E-state index contributed by atoms with van der Waals surface area (Å²) in [6.45, 7) is 0.272. The molecule has 0 atom stereocenters. The van der Waals surface area contributed by atoms with Crippen LogP contribution in [0.25, 0.3) is 0 Å². The average molecular weight is 534 g/mol. The fraction of sp³-hybridized carbons (Fsp3) is 0.462. The summed E-state index contributed by atoms with van der Waals surface area (Å²) in [4.78, 5) is 44.7. The molecule has 0 bridgehead atoms. The van der Waals surface area contributed by atoms with E-state index in [2.05, 4.69) is 10.3 Å². The van der Waals surface area contributed by atoms with Crippen molar-refractivity contribution in [1.82, 2.24) is 19.7 Å². The highest BCUT2D eigenvalue weighted by Crippen LogP contribution is 2.34. The number of carboxylic acid groups (broad SMARTS) is 1. The molecule has 2 heterocycles. The van der Waals surface area contributed by atoms with E-state index in [0.29, 0.717) is 19.5 Å². The van der Waals surface area contributed by atoms with Crippen LogP contribution < -0.4 is 5.32 Å². The predicted octanol–water partition coefficient (Wildman–Crippen LogP) is 3.45. The number of alkyl halides is 3. The first kappa shape index (κ1) is 27.2. The fourth-order valence-corrected chi connectivity index (χ4v) is 4.50. The summed E-state index contributed by atoms with van der Waals surface area (Å²) in [6.07, 6.45) is -2.13. The molecule has 204 valence electrons. The van der Waals surface area contributed by atoms with Crippen LogP contribution in [0.4, 0.5) is 23.7 Å². The van der Waals surface area contributed by atoms with Crippen molar-refractivity contribution < 1.29 is 32.7 Å². The lowest BCUT2D eigenvalue weighted by molar-refractivity contribution is -0.140. The zero-order valence-electron chi connectivity index (χ0n) is 21.0. The molecule has 1 aliphatic carbocycles. The zero-order chi connectivity index (χ0) is 27.4. The van der Waals surface area contributed by atoms with Gasteiger partial charge in [-0.3, -0.25) is 14.6 Å². The van der Waals surface area contributed by atoms with Gasteiger partial charge in [-0.25, -0.2) is 4.79 Å². The van der Waals surface area contributed by atoms with Crippen molar-refractivity contribution >= 4 is 23.6 Å². The van der Waals surface area contributed by atoms with Gasteiger partial charge in [0.1, 0.15) is 0 Å². The molecule has 3 amide bonds. The van der Waals surface area contributed by atoms with Crippen molar-refractivity contribution in [2.75, 3.05) is 38.5 Å². The van der Waals surface area contributed by atoms with Crippen molar-refractivity contribution in [2.45, 2.75) is 38.5 Å². The summed E-state index contributed by atoms with van der Waals surface area (Å²) >= 11 is 0. The van der Waals surface area contributed by atoms with Crippen LogP contribution in [0.5, 0.6) is 0 Å². The highest BCUT2D eigenvalue weighted by Gasteiger charge is 2.36. The second-order valence-electron chi connectivity index (χ2n) is 9.60. The second-order valence-corrected chi connectivity index (χ2v) is 9.60. The number of anilines is 1. The number of hydrogen-bond donors (Lipinski definition) is 2. The molecule has 1 saturated carbocycles. The maximum atomic E-state index is 13.5. The number of rotatable bonds is 9. The van der Waals surface area contributed by atoms with Crippen LogP contribution in [0.15, 0.2) is 36.5 Å². The van der Waals surface area contributed by atoms with Crippen LogP contribution in [-0.4, -0.2) is 75.9 Å². The summed E-state index contributed by atoms with van der Waals surface area (Å²) in [5.74, 6) is -0.181. The van der Waals surface area contributed by atoms with Gasteiger partial charge < -0.3 is 25.1 Å². The van der Waals surface area contributed by atoms with Gasteiger partial charge in [0.2, 0.25) is 11.8 Å². The number of amides is 3. The number of carbonyl (C=O) groups is 3. The molecular formula is C26H30F3N5O4. The highest BCUT2D eigenvalue weighted by molar-refractivity contribution is 5.82. The second kappa shape index (κ2) is 11.3. The Labute approximate surface area is 218 Å². The smallest absolute Gasteiger partial charge is 0.418 e. The molecule has 0 saturated heterocycles. The lowest BCUT2D eigenvalue weighted by Crippen LogP contribution is -2.41. The number of likely N-dealkylation sites (N-methyl/N-ethyl adjacent to an activating group) is 1. The van der Waals surface area contributed by atoms with E-state index in [-0.39, 0.29) is 37.2 Å². The lowest BCUT2D eigenvalue weighted by Gasteiger charge is -2.31. The van der Waals surface area contributed by atoms with E-state index in [1.165, 1.54) is 24.2 Å². The third-order valence-electron chi connectivity index (χ3n) is 6.86. The van der Waals surface area contributed by atoms with Crippen molar-refractivity contribution in [3.63, 3.8) is 0 Å². The maximum absolute atomic E-state index is 13.5. The van der Waals surface area contributed by atoms with Crippen LogP contribution in [-0.2, 0) is 35.3 Å². The molecule has 0 spiro atoms. The minimum absolute atomic E-state index is 0.0825. The van der Waals surface area contributed by atoms with Crippen molar-refractivity contribution in [3.05, 3.63) is 58.9 Å². The van der Waals surface area contributed by atoms with E-state index in [0.717, 1.165) is 40.6 Å². The van der Waals surface area contributed by atoms with E-state index in [4.69, 9.17) is 5.11 Å². The van der Waals surface area contributed by atoms with Gasteiger partial charge in [0.05, 0.1) is 24.3 Å². The number of hydrogen-bond acceptors (Lipinski definition) is 5. The minimum atomic E-state index is -4.65. The molecule has 2 aliphatic rings. The van der Waals surface area contributed by atoms with Crippen molar-refractivity contribution in [1.29, 1.82) is 0 Å². The number of fused-ring (bicyclic) bond motifs is 1. The first-order chi connectivity index (χ1) is 18.0. The number of nitrogens with one attached hydrogen (secondary N) is 1. The number of carbonyl (C=O) groups excluding carboxylic acids is 2. The Morgan fingerprint density at radius 3 is 2.61 bits per heavy atom. The number of nitrogens with zero attached hydrogens (tertiary/aromatic N) is 4. The quantitative estimate of drug-likeness (QED) is 0.512. The van der Waals surface area contributed by atoms with E-state index in [1.807, 2.05) is 23.1 Å². The molecule has 4 rings (SSSR count). The van der Waals surface area contributed by atoms with Gasteiger partial charge in [-0.15, -0.1) is 0 Å². The predicted molar refractivity (Wildman–Crippen MR) is 132 cm³/mol. The van der Waals surface area contributed by atoms with Gasteiger partial charge in [-0.2, -0.15) is 13.2 Å². The van der Waals surface area contributed by atoms with E-state index < -0.39 is 30.3 Å². The molecular weight excluding hydrogens is 503 g/mol. The topological polar surface area (TPSA) is 106 Å². The van der Waals surface area contributed by atoms with E-state index >= 15 is 0 Å². The largest absolute Gasteiger partial charge is 0.465 e. The number of pyridine rings is 1. The Morgan fingerprint density at radius 2 is 1.92 bits per heavy atom. The fourth-order valence-electron chi connectivity index (χ4n) is 4.50. The summed E-state index contributed by atoms with van der Waals surface area (Å²) in [6, 6.07) is 7.69. The molecule has 1 fully saturated rings. The Hall–Kier alpha value is -3.83. The van der Waals surface area contributed by atoms with Gasteiger partial charge in [0, 0.05) is 51.0 Å². The standard InChI is InChI=1S/C26H30F3N5O4/c1-32(25(37)38)12-13-33(16-22-20(26(27,28)29)5-3-10-30-22)23(35)14-31-21-6-2-4-18-15-34(11-9-19(18)21)24(36)17-7-8-17/h2-6,10,17,31H,7-9,11-16H2,1H3,(H,37,38). The first-order valence-electron chi connectivity index (χ1n) is 12.4. The lowest BCUT2D eigenvalue weighted by atomic mass is 9.97. The minimum Gasteiger partial charge on any atom is -0.465 e. The highest BCUT2D eigenvalue weighted by atomic mass is 19.4. The zero-order valence-corrected chi connectivity index (χ0v) is 21.0. The van der Waals surface area contributed by atoms with Gasteiger partial charge in [0.25, 0.3) is 0 Å². The van der Waals surface area contributed by atoms with E-state index in [9.17, 15) is 27.6 Å². The summed E-state index contributed by atoms with van der Waals surface area (Å²) < 4.78 is 40.5. The van der Waals surface area contributed by atoms with Crippen LogP contribution in [0.1, 0.15) is 35.2 Å². The third kappa shape index (κ3) is 6.53. The molecule has 9 nitrogen and oxygen atoms in total. The molecule has 1 aliphatic heterocycles.